The fraction of sp³-hybridized carbons (Fsp3) is 0.548. The van der Waals surface area contributed by atoms with E-state index in [0.717, 1.165) is 78.3 Å². The highest BCUT2D eigenvalue weighted by Gasteiger charge is 2.44. The third-order valence-electron chi connectivity index (χ3n) is 11.9. The number of aryl methyl sites for hydroxylation is 4. The average molecular weight is 671 g/mol. The number of rotatable bonds is 6. The Bertz CT molecular complexity index is 1720. The van der Waals surface area contributed by atoms with Gasteiger partial charge in [0.25, 0.3) is 5.91 Å². The Labute approximate surface area is 294 Å². The quantitative estimate of drug-likeness (QED) is 0.233. The first-order valence-electron chi connectivity index (χ1n) is 18.0. The summed E-state index contributed by atoms with van der Waals surface area (Å²) in [6.45, 7) is 17.4. The van der Waals surface area contributed by atoms with Gasteiger partial charge in [-0.05, 0) is 137 Å². The number of ketones is 1. The molecule has 1 heterocycles. The molecule has 0 aromatic heterocycles. The van der Waals surface area contributed by atoms with Crippen LogP contribution in [0.15, 0.2) is 17.9 Å². The molecule has 2 fully saturated rings. The predicted octanol–water partition coefficient (Wildman–Crippen LogP) is 7.95. The summed E-state index contributed by atoms with van der Waals surface area (Å²) in [5, 5.41) is 25.9. The molecule has 3 aliphatic rings. The maximum atomic E-state index is 12.6. The van der Waals surface area contributed by atoms with E-state index in [2.05, 4.69) is 70.2 Å². The van der Waals surface area contributed by atoms with Crippen molar-refractivity contribution in [2.45, 2.75) is 126 Å². The van der Waals surface area contributed by atoms with Gasteiger partial charge in [0.1, 0.15) is 11.9 Å². The zero-order chi connectivity index (χ0) is 36.1. The van der Waals surface area contributed by atoms with Crippen LogP contribution in [0.1, 0.15) is 121 Å². The summed E-state index contributed by atoms with van der Waals surface area (Å²) in [4.78, 5) is 37.6. The number of aliphatic hydroxyl groups is 2. The van der Waals surface area contributed by atoms with E-state index in [-0.39, 0.29) is 24.4 Å². The van der Waals surface area contributed by atoms with Gasteiger partial charge in [0.2, 0.25) is 11.7 Å². The molecule has 266 valence electrons. The van der Waals surface area contributed by atoms with Gasteiger partial charge in [0, 0.05) is 25.9 Å². The number of carbonyl (C=O) groups is 3. The van der Waals surface area contributed by atoms with Crippen molar-refractivity contribution in [2.24, 2.45) is 10.8 Å². The first-order chi connectivity index (χ1) is 23.2. The molecule has 7 heteroatoms. The summed E-state index contributed by atoms with van der Waals surface area (Å²) < 4.78 is 0. The summed E-state index contributed by atoms with van der Waals surface area (Å²) in [5.41, 5.74) is 10.9. The lowest BCUT2D eigenvalue weighted by molar-refractivity contribution is -0.126. The van der Waals surface area contributed by atoms with Crippen LogP contribution in [0.2, 0.25) is 0 Å². The first kappa shape index (κ1) is 37.8. The number of hydrogen-bond acceptors (Lipinski definition) is 5. The summed E-state index contributed by atoms with van der Waals surface area (Å²) >= 11 is 0. The van der Waals surface area contributed by atoms with Gasteiger partial charge in [-0.1, -0.05) is 50.7 Å². The van der Waals surface area contributed by atoms with Gasteiger partial charge in [0.15, 0.2) is 0 Å². The van der Waals surface area contributed by atoms with Crippen LogP contribution in [0.4, 0.5) is 0 Å². The zero-order valence-electron chi connectivity index (χ0n) is 31.0. The SMILES string of the molecule is Cc1cc(C)c(C2=C(O)C3(CCCCC3)CNC2=O)c(C)c1C.Cc1cc(C)c(CC(=O)NCC2(C(=O)C#CO)CCCCC2)c(C)c1C.[HH]. The molecule has 4 N–H and O–H groups in total. The molecule has 0 unspecified atom stereocenters. The number of amides is 2. The topological polar surface area (TPSA) is 116 Å². The Morgan fingerprint density at radius 1 is 0.796 bits per heavy atom. The zero-order valence-corrected chi connectivity index (χ0v) is 31.0. The van der Waals surface area contributed by atoms with E-state index < -0.39 is 5.41 Å². The van der Waals surface area contributed by atoms with Gasteiger partial charge in [-0.15, -0.1) is 0 Å². The Kier molecular flexibility index (Phi) is 12.1. The van der Waals surface area contributed by atoms with Gasteiger partial charge in [-0.3, -0.25) is 14.4 Å². The van der Waals surface area contributed by atoms with Crippen molar-refractivity contribution in [3.63, 3.8) is 0 Å². The predicted molar refractivity (Wildman–Crippen MR) is 198 cm³/mol. The van der Waals surface area contributed by atoms with E-state index in [1.54, 1.807) is 6.11 Å². The highest BCUT2D eigenvalue weighted by Crippen LogP contribution is 2.46. The van der Waals surface area contributed by atoms with E-state index in [1.165, 1.54) is 28.7 Å². The molecule has 0 saturated heterocycles. The third-order valence-corrected chi connectivity index (χ3v) is 11.9. The molecular weight excluding hydrogens is 612 g/mol. The molecule has 2 aromatic carbocycles. The van der Waals surface area contributed by atoms with Crippen LogP contribution >= 0.6 is 0 Å². The third kappa shape index (κ3) is 7.90. The molecule has 49 heavy (non-hydrogen) atoms. The lowest BCUT2D eigenvalue weighted by Crippen LogP contribution is -2.46. The Hall–Kier alpha value is -4.05. The van der Waals surface area contributed by atoms with Crippen molar-refractivity contribution in [2.75, 3.05) is 13.1 Å². The molecule has 1 aliphatic heterocycles. The number of nitrogens with one attached hydrogen (secondary N) is 2. The summed E-state index contributed by atoms with van der Waals surface area (Å²) in [5.74, 6) is 2.13. The van der Waals surface area contributed by atoms with Crippen LogP contribution in [0, 0.1) is 78.2 Å². The molecule has 0 bridgehead atoms. The lowest BCUT2D eigenvalue weighted by atomic mass is 9.69. The maximum absolute atomic E-state index is 12.6. The van der Waals surface area contributed by atoms with Gasteiger partial charge in [0.05, 0.1) is 17.4 Å². The van der Waals surface area contributed by atoms with E-state index >= 15 is 0 Å². The average Bonchev–Trinajstić information content (AvgIpc) is 3.08. The Morgan fingerprint density at radius 3 is 1.94 bits per heavy atom. The summed E-state index contributed by atoms with van der Waals surface area (Å²) in [7, 11) is 0. The number of hydrogen-bond donors (Lipinski definition) is 4. The standard InChI is InChI=1S/C22H29NO3.C20H27NO2.H2/c1-15-12-16(2)19(18(4)17(15)3)13-21(26)23-14-22(20(25)8-11-24)9-6-5-7-10-22;1-12-10-13(2)16(15(4)14(12)3)17-18(22)20(11-21-19(17)23)8-6-5-7-9-20;/h12,24H,5-7,9-10,13-14H2,1-4H3,(H,23,26);10,22H,5-9,11H2,1-4H3,(H,21,23);1H. The number of carbonyl (C=O) groups excluding carboxylic acids is 3. The van der Waals surface area contributed by atoms with E-state index in [4.69, 9.17) is 5.11 Å². The smallest absolute Gasteiger partial charge is 0.255 e. The molecular formula is C42H58N2O5. The van der Waals surface area contributed by atoms with Crippen LogP contribution in [0.3, 0.4) is 0 Å². The Morgan fingerprint density at radius 2 is 1.35 bits per heavy atom. The van der Waals surface area contributed by atoms with Crippen LogP contribution in [-0.4, -0.2) is 40.9 Å². The highest BCUT2D eigenvalue weighted by atomic mass is 16.3. The van der Waals surface area contributed by atoms with E-state index in [0.29, 0.717) is 43.7 Å². The molecule has 2 aromatic rings. The van der Waals surface area contributed by atoms with Gasteiger partial charge < -0.3 is 20.8 Å². The summed E-state index contributed by atoms with van der Waals surface area (Å²) in [6, 6.07) is 4.24. The van der Waals surface area contributed by atoms with Gasteiger partial charge in [-0.2, -0.15) is 0 Å². The Balaban J connectivity index is 0.000000267. The van der Waals surface area contributed by atoms with Crippen molar-refractivity contribution < 1.29 is 26.0 Å². The van der Waals surface area contributed by atoms with Gasteiger partial charge >= 0.3 is 0 Å². The second-order valence-corrected chi connectivity index (χ2v) is 15.0. The first-order valence-corrected chi connectivity index (χ1v) is 18.0. The number of aliphatic hydroxyl groups excluding tert-OH is 2. The molecule has 2 aliphatic carbocycles. The van der Waals surface area contributed by atoms with E-state index in [9.17, 15) is 19.5 Å². The van der Waals surface area contributed by atoms with Crippen molar-refractivity contribution in [3.05, 3.63) is 73.5 Å². The number of Topliss-reactive ketones (excluding diaryl/α,β-unsaturated/α-hetero) is 1. The normalized spacial score (nSPS) is 18.1. The van der Waals surface area contributed by atoms with Crippen LogP contribution in [-0.2, 0) is 20.8 Å². The van der Waals surface area contributed by atoms with Crippen LogP contribution in [0.5, 0.6) is 0 Å². The largest absolute Gasteiger partial charge is 0.511 e. The van der Waals surface area contributed by atoms with Crippen LogP contribution in [0.25, 0.3) is 5.57 Å². The fourth-order valence-corrected chi connectivity index (χ4v) is 8.33. The maximum Gasteiger partial charge on any atom is 0.255 e. The van der Waals surface area contributed by atoms with Crippen molar-refractivity contribution in [3.8, 4) is 12.0 Å². The second kappa shape index (κ2) is 15.7. The minimum absolute atomic E-state index is 0. The second-order valence-electron chi connectivity index (χ2n) is 15.0. The highest BCUT2D eigenvalue weighted by molar-refractivity contribution is 6.22. The molecule has 2 amide bonds. The minimum atomic E-state index is -0.656. The molecule has 0 atom stereocenters. The fourth-order valence-electron chi connectivity index (χ4n) is 8.33. The van der Waals surface area contributed by atoms with Crippen molar-refractivity contribution in [1.29, 1.82) is 0 Å². The molecule has 5 rings (SSSR count). The lowest BCUT2D eigenvalue weighted by Gasteiger charge is -2.41. The monoisotopic (exact) mass is 670 g/mol. The summed E-state index contributed by atoms with van der Waals surface area (Å²) in [6.07, 6.45) is 11.9. The number of benzene rings is 2. The molecule has 2 saturated carbocycles. The van der Waals surface area contributed by atoms with Crippen molar-refractivity contribution >= 4 is 23.2 Å². The molecule has 7 nitrogen and oxygen atoms in total. The van der Waals surface area contributed by atoms with Gasteiger partial charge in [-0.25, -0.2) is 0 Å². The van der Waals surface area contributed by atoms with Crippen molar-refractivity contribution in [1.82, 2.24) is 10.6 Å². The minimum Gasteiger partial charge on any atom is -0.511 e. The molecule has 1 spiro atoms. The van der Waals surface area contributed by atoms with E-state index in [1.807, 2.05) is 13.8 Å². The van der Waals surface area contributed by atoms with Crippen LogP contribution < -0.4 is 10.6 Å². The molecule has 0 radical (unpaired) electrons.